The van der Waals surface area contributed by atoms with Gasteiger partial charge in [-0.2, -0.15) is 0 Å². The maximum Gasteiger partial charge on any atom is 0.193 e. The van der Waals surface area contributed by atoms with Crippen LogP contribution in [-0.2, 0) is 19.6 Å². The van der Waals surface area contributed by atoms with Crippen molar-refractivity contribution in [1.29, 1.82) is 0 Å². The van der Waals surface area contributed by atoms with Gasteiger partial charge in [0.25, 0.3) is 0 Å². The van der Waals surface area contributed by atoms with Gasteiger partial charge < -0.3 is 23.4 Å². The van der Waals surface area contributed by atoms with Crippen LogP contribution in [0.5, 0.6) is 11.5 Å². The second kappa shape index (κ2) is 12.3. The molecule has 204 valence electrons. The van der Waals surface area contributed by atoms with Crippen molar-refractivity contribution in [1.82, 2.24) is 0 Å². The minimum atomic E-state index is -2.15. The zero-order chi connectivity index (χ0) is 28.0. The minimum absolute atomic E-state index is 0.00514. The second-order valence-electron chi connectivity index (χ2n) is 11.3. The molecule has 3 rings (SSSR count). The van der Waals surface area contributed by atoms with Gasteiger partial charge in [-0.3, -0.25) is 0 Å². The number of hydrogen-bond donors (Lipinski definition) is 0. The maximum atomic E-state index is 12.2. The quantitative estimate of drug-likeness (QED) is 0.139. The molecule has 0 saturated heterocycles. The Labute approximate surface area is 229 Å². The SMILES string of the molecule is COc1ccc(C(OC[C@H](C)[C@H](C=O)O[Si](C)(C)C(C)(C)C)(c2ccccc2)c2ccc(OC)cc2)cc1. The van der Waals surface area contributed by atoms with Crippen LogP contribution in [0.4, 0.5) is 0 Å². The normalized spacial score (nSPS) is 14.0. The second-order valence-corrected chi connectivity index (χ2v) is 16.0. The van der Waals surface area contributed by atoms with Gasteiger partial charge in [0.1, 0.15) is 29.5 Å². The number of aldehydes is 1. The lowest BCUT2D eigenvalue weighted by atomic mass is 9.80. The van der Waals surface area contributed by atoms with Crippen LogP contribution < -0.4 is 9.47 Å². The molecular weight excluding hydrogens is 492 g/mol. The fourth-order valence-corrected chi connectivity index (χ4v) is 5.54. The van der Waals surface area contributed by atoms with Crippen molar-refractivity contribution in [2.45, 2.75) is 57.5 Å². The van der Waals surface area contributed by atoms with Crippen molar-refractivity contribution < 1.29 is 23.4 Å². The fraction of sp³-hybridized carbons (Fsp3) is 0.406. The highest BCUT2D eigenvalue weighted by Crippen LogP contribution is 2.43. The summed E-state index contributed by atoms with van der Waals surface area (Å²) >= 11 is 0. The fourth-order valence-electron chi connectivity index (χ4n) is 4.22. The van der Waals surface area contributed by atoms with Gasteiger partial charge in [-0.05, 0) is 59.1 Å². The summed E-state index contributed by atoms with van der Waals surface area (Å²) in [5.41, 5.74) is 1.96. The zero-order valence-corrected chi connectivity index (χ0v) is 25.0. The van der Waals surface area contributed by atoms with E-state index in [1.54, 1.807) is 14.2 Å². The molecule has 0 radical (unpaired) electrons. The molecule has 0 saturated carbocycles. The number of hydrogen-bond acceptors (Lipinski definition) is 5. The first-order valence-corrected chi connectivity index (χ1v) is 16.0. The summed E-state index contributed by atoms with van der Waals surface area (Å²) in [6, 6.07) is 26.1. The Morgan fingerprint density at radius 1 is 0.763 bits per heavy atom. The molecule has 0 bridgehead atoms. The molecule has 38 heavy (non-hydrogen) atoms. The number of benzene rings is 3. The third kappa shape index (κ3) is 6.37. The minimum Gasteiger partial charge on any atom is -0.497 e. The molecule has 0 amide bonds. The van der Waals surface area contributed by atoms with Gasteiger partial charge in [-0.15, -0.1) is 0 Å². The molecule has 0 unspecified atom stereocenters. The Morgan fingerprint density at radius 3 is 1.61 bits per heavy atom. The molecule has 0 N–H and O–H groups in total. The molecule has 6 heteroatoms. The Balaban J connectivity index is 2.08. The predicted molar refractivity (Wildman–Crippen MR) is 156 cm³/mol. The summed E-state index contributed by atoms with van der Waals surface area (Å²) in [7, 11) is 1.16. The van der Waals surface area contributed by atoms with E-state index in [-0.39, 0.29) is 11.0 Å². The zero-order valence-electron chi connectivity index (χ0n) is 24.0. The van der Waals surface area contributed by atoms with Crippen molar-refractivity contribution >= 4 is 14.6 Å². The van der Waals surface area contributed by atoms with E-state index in [4.69, 9.17) is 18.6 Å². The Morgan fingerprint density at radius 2 is 1.21 bits per heavy atom. The van der Waals surface area contributed by atoms with Gasteiger partial charge in [0.15, 0.2) is 8.32 Å². The van der Waals surface area contributed by atoms with Gasteiger partial charge in [-0.1, -0.05) is 82.3 Å². The molecule has 0 aliphatic carbocycles. The lowest BCUT2D eigenvalue weighted by Gasteiger charge is -2.40. The molecule has 2 atom stereocenters. The monoisotopic (exact) mass is 534 g/mol. The van der Waals surface area contributed by atoms with E-state index in [1.165, 1.54) is 0 Å². The molecule has 0 spiro atoms. The van der Waals surface area contributed by atoms with Crippen molar-refractivity contribution in [2.75, 3.05) is 20.8 Å². The first-order valence-electron chi connectivity index (χ1n) is 13.1. The van der Waals surface area contributed by atoms with Crippen LogP contribution in [-0.4, -0.2) is 41.5 Å². The highest BCUT2D eigenvalue weighted by atomic mass is 28.4. The Hall–Kier alpha value is -2.93. The first kappa shape index (κ1) is 29.6. The smallest absolute Gasteiger partial charge is 0.193 e. The molecule has 3 aromatic carbocycles. The molecular formula is C32H42O5Si. The number of rotatable bonds is 12. The van der Waals surface area contributed by atoms with Crippen LogP contribution in [0, 0.1) is 5.92 Å². The van der Waals surface area contributed by atoms with E-state index in [0.29, 0.717) is 6.61 Å². The number of carbonyl (C=O) groups is 1. The molecule has 0 aliphatic rings. The van der Waals surface area contributed by atoms with Crippen molar-refractivity contribution in [3.8, 4) is 11.5 Å². The van der Waals surface area contributed by atoms with Crippen LogP contribution >= 0.6 is 0 Å². The maximum absolute atomic E-state index is 12.2. The molecule has 0 fully saturated rings. The number of carbonyl (C=O) groups excluding carboxylic acids is 1. The summed E-state index contributed by atoms with van der Waals surface area (Å²) in [5.74, 6) is 1.37. The molecule has 0 heterocycles. The largest absolute Gasteiger partial charge is 0.497 e. The van der Waals surface area contributed by atoms with E-state index in [0.717, 1.165) is 34.5 Å². The summed E-state index contributed by atoms with van der Waals surface area (Å²) in [6.07, 6.45) is 0.371. The van der Waals surface area contributed by atoms with Gasteiger partial charge in [0.2, 0.25) is 0 Å². The van der Waals surface area contributed by atoms with E-state index in [2.05, 4.69) is 46.0 Å². The average Bonchev–Trinajstić information content (AvgIpc) is 2.92. The first-order chi connectivity index (χ1) is 18.0. The van der Waals surface area contributed by atoms with Gasteiger partial charge >= 0.3 is 0 Å². The molecule has 0 aliphatic heterocycles. The third-order valence-corrected chi connectivity index (χ3v) is 12.1. The van der Waals surface area contributed by atoms with Crippen molar-refractivity contribution in [3.05, 3.63) is 95.6 Å². The van der Waals surface area contributed by atoms with E-state index < -0.39 is 20.0 Å². The molecule has 0 aromatic heterocycles. The number of methoxy groups -OCH3 is 2. The van der Waals surface area contributed by atoms with E-state index in [1.807, 2.05) is 73.7 Å². The Kier molecular flexibility index (Phi) is 9.58. The molecule has 3 aromatic rings. The summed E-state index contributed by atoms with van der Waals surface area (Å²) < 4.78 is 24.4. The van der Waals surface area contributed by atoms with Gasteiger partial charge in [0, 0.05) is 5.92 Å². The highest BCUT2D eigenvalue weighted by Gasteiger charge is 2.42. The van der Waals surface area contributed by atoms with Crippen LogP contribution in [0.1, 0.15) is 44.4 Å². The summed E-state index contributed by atoms with van der Waals surface area (Å²) in [5, 5.41) is -0.00514. The van der Waals surface area contributed by atoms with Crippen LogP contribution in [0.25, 0.3) is 0 Å². The topological polar surface area (TPSA) is 54.0 Å². The van der Waals surface area contributed by atoms with E-state index >= 15 is 0 Å². The third-order valence-electron chi connectivity index (χ3n) is 7.67. The van der Waals surface area contributed by atoms with Gasteiger partial charge in [0.05, 0.1) is 20.8 Å². The van der Waals surface area contributed by atoms with Crippen molar-refractivity contribution in [3.63, 3.8) is 0 Å². The van der Waals surface area contributed by atoms with Crippen LogP contribution in [0.15, 0.2) is 78.9 Å². The lowest BCUT2D eigenvalue weighted by Crippen LogP contribution is -2.47. The Bertz CT molecular complexity index is 1100. The molecule has 5 nitrogen and oxygen atoms in total. The number of ether oxygens (including phenoxy) is 3. The van der Waals surface area contributed by atoms with Crippen LogP contribution in [0.2, 0.25) is 18.1 Å². The summed E-state index contributed by atoms with van der Waals surface area (Å²) in [6.45, 7) is 13.2. The van der Waals surface area contributed by atoms with Gasteiger partial charge in [-0.25, -0.2) is 0 Å². The summed E-state index contributed by atoms with van der Waals surface area (Å²) in [4.78, 5) is 12.2. The highest BCUT2D eigenvalue weighted by molar-refractivity contribution is 6.74. The van der Waals surface area contributed by atoms with E-state index in [9.17, 15) is 4.79 Å². The predicted octanol–water partition coefficient (Wildman–Crippen LogP) is 7.24. The average molecular weight is 535 g/mol. The lowest BCUT2D eigenvalue weighted by molar-refractivity contribution is -0.118. The van der Waals surface area contributed by atoms with Crippen molar-refractivity contribution in [2.24, 2.45) is 5.92 Å². The standard InChI is InChI=1S/C32H42O5Si/c1-24(30(22-33)37-38(7,8)31(2,3)4)23-36-32(25-12-10-9-11-13-25,26-14-18-28(34-5)19-15-26)27-16-20-29(35-6)21-17-27/h9-22,24,30H,23H2,1-8H3/t24-,30-/m0/s1. The van der Waals surface area contributed by atoms with Crippen LogP contribution in [0.3, 0.4) is 0 Å².